The molecule has 0 aromatic carbocycles. The van der Waals surface area contributed by atoms with Gasteiger partial charge < -0.3 is 19.4 Å². The molecule has 0 amide bonds. The molecule has 1 unspecified atom stereocenters. The Balaban J connectivity index is 1.90. The average molecular weight is 268 g/mol. The van der Waals surface area contributed by atoms with Crippen LogP contribution in [0.3, 0.4) is 0 Å². The average Bonchev–Trinajstić information content (AvgIpc) is 3.03. The molecular formula is C13H20N2O2S. The van der Waals surface area contributed by atoms with Gasteiger partial charge in [-0.1, -0.05) is 0 Å². The minimum absolute atomic E-state index is 0.223. The molecule has 100 valence electrons. The van der Waals surface area contributed by atoms with E-state index in [1.807, 2.05) is 12.1 Å². The Hall–Kier alpha value is -1.07. The number of furan rings is 1. The first kappa shape index (κ1) is 13.4. The Morgan fingerprint density at radius 2 is 2.44 bits per heavy atom. The third kappa shape index (κ3) is 3.71. The van der Waals surface area contributed by atoms with Crippen LogP contribution in [0, 0.1) is 0 Å². The highest BCUT2D eigenvalue weighted by atomic mass is 32.1. The van der Waals surface area contributed by atoms with Crippen molar-refractivity contribution in [3.63, 3.8) is 0 Å². The van der Waals surface area contributed by atoms with Gasteiger partial charge in [-0.25, -0.2) is 0 Å². The Kier molecular flexibility index (Phi) is 4.60. The second-order valence-electron chi connectivity index (χ2n) is 4.74. The van der Waals surface area contributed by atoms with E-state index >= 15 is 0 Å². The lowest BCUT2D eigenvalue weighted by Crippen LogP contribution is -2.45. The van der Waals surface area contributed by atoms with E-state index in [0.29, 0.717) is 12.6 Å². The van der Waals surface area contributed by atoms with Crippen LogP contribution in [0.2, 0.25) is 0 Å². The molecule has 1 aliphatic carbocycles. The Morgan fingerprint density at radius 1 is 1.67 bits per heavy atom. The van der Waals surface area contributed by atoms with E-state index in [0.717, 1.165) is 17.4 Å². The molecule has 0 aliphatic heterocycles. The van der Waals surface area contributed by atoms with Crippen LogP contribution >= 0.6 is 12.2 Å². The van der Waals surface area contributed by atoms with Gasteiger partial charge in [-0.3, -0.25) is 0 Å². The minimum atomic E-state index is 0.223. The highest BCUT2D eigenvalue weighted by molar-refractivity contribution is 7.80. The summed E-state index contributed by atoms with van der Waals surface area (Å²) in [4.78, 5) is 2.21. The predicted octanol–water partition coefficient (Wildman–Crippen LogP) is 2.15. The first-order valence-electron chi connectivity index (χ1n) is 6.29. The number of rotatable bonds is 6. The lowest BCUT2D eigenvalue weighted by atomic mass is 10.3. The molecule has 18 heavy (non-hydrogen) atoms. The van der Waals surface area contributed by atoms with E-state index in [1.165, 1.54) is 12.8 Å². The molecule has 0 bridgehead atoms. The van der Waals surface area contributed by atoms with Crippen LogP contribution in [-0.2, 0) is 11.3 Å². The first-order chi connectivity index (χ1) is 8.70. The van der Waals surface area contributed by atoms with Crippen molar-refractivity contribution in [2.24, 2.45) is 0 Å². The van der Waals surface area contributed by atoms with Gasteiger partial charge >= 0.3 is 0 Å². The zero-order valence-electron chi connectivity index (χ0n) is 10.9. The summed E-state index contributed by atoms with van der Waals surface area (Å²) < 4.78 is 10.5. The fourth-order valence-corrected chi connectivity index (χ4v) is 2.32. The van der Waals surface area contributed by atoms with Crippen molar-refractivity contribution >= 4 is 17.3 Å². The number of nitrogens with zero attached hydrogens (tertiary/aromatic N) is 1. The molecule has 1 aromatic rings. The second kappa shape index (κ2) is 6.20. The van der Waals surface area contributed by atoms with E-state index in [9.17, 15) is 0 Å². The number of hydrogen-bond acceptors (Lipinski definition) is 3. The summed E-state index contributed by atoms with van der Waals surface area (Å²) in [7, 11) is 1.70. The molecule has 5 heteroatoms. The summed E-state index contributed by atoms with van der Waals surface area (Å²) in [5, 5.41) is 4.10. The van der Waals surface area contributed by atoms with Crippen LogP contribution in [0.25, 0.3) is 0 Å². The molecule has 1 aromatic heterocycles. The smallest absolute Gasteiger partial charge is 0.169 e. The van der Waals surface area contributed by atoms with Crippen molar-refractivity contribution in [2.75, 3.05) is 13.7 Å². The van der Waals surface area contributed by atoms with Gasteiger partial charge in [0, 0.05) is 19.2 Å². The fraction of sp³-hybridized carbons (Fsp3) is 0.615. The number of ether oxygens (including phenoxy) is 1. The summed E-state index contributed by atoms with van der Waals surface area (Å²) in [6.45, 7) is 3.45. The molecule has 4 nitrogen and oxygen atoms in total. The molecule has 0 spiro atoms. The normalized spacial score (nSPS) is 16.3. The van der Waals surface area contributed by atoms with Gasteiger partial charge in [-0.15, -0.1) is 0 Å². The van der Waals surface area contributed by atoms with E-state index < -0.39 is 0 Å². The lowest BCUT2D eigenvalue weighted by Gasteiger charge is -2.27. The van der Waals surface area contributed by atoms with Gasteiger partial charge in [0.25, 0.3) is 0 Å². The standard InChI is InChI=1S/C13H20N2O2S/c1-10(9-16-2)14-13(18)15(11-5-6-11)8-12-4-3-7-17-12/h3-4,7,10-11H,5-6,8-9H2,1-2H3,(H,14,18). The molecular weight excluding hydrogens is 248 g/mol. The summed E-state index contributed by atoms with van der Waals surface area (Å²) in [5.74, 6) is 0.949. The fourth-order valence-electron chi connectivity index (χ4n) is 1.91. The lowest BCUT2D eigenvalue weighted by molar-refractivity contribution is 0.177. The van der Waals surface area contributed by atoms with Crippen LogP contribution < -0.4 is 5.32 Å². The number of nitrogens with one attached hydrogen (secondary N) is 1. The first-order valence-corrected chi connectivity index (χ1v) is 6.70. The van der Waals surface area contributed by atoms with Gasteiger partial charge in [-0.05, 0) is 44.1 Å². The molecule has 1 fully saturated rings. The molecule has 1 atom stereocenters. The molecule has 1 heterocycles. The Bertz CT molecular complexity index is 376. The quantitative estimate of drug-likeness (QED) is 0.800. The Labute approximate surface area is 113 Å². The zero-order chi connectivity index (χ0) is 13.0. The number of thiocarbonyl (C=S) groups is 1. The van der Waals surface area contributed by atoms with E-state index in [2.05, 4.69) is 17.1 Å². The highest BCUT2D eigenvalue weighted by Gasteiger charge is 2.31. The van der Waals surface area contributed by atoms with Crippen LogP contribution in [-0.4, -0.2) is 35.8 Å². The Morgan fingerprint density at radius 3 is 3.00 bits per heavy atom. The molecule has 0 saturated heterocycles. The number of hydrogen-bond donors (Lipinski definition) is 1. The SMILES string of the molecule is COCC(C)NC(=S)N(Cc1ccco1)C1CC1. The van der Waals surface area contributed by atoms with Crippen molar-refractivity contribution in [3.8, 4) is 0 Å². The topological polar surface area (TPSA) is 37.6 Å². The van der Waals surface area contributed by atoms with Crippen LogP contribution in [0.1, 0.15) is 25.5 Å². The third-order valence-electron chi connectivity index (χ3n) is 2.94. The third-order valence-corrected chi connectivity index (χ3v) is 3.29. The highest BCUT2D eigenvalue weighted by Crippen LogP contribution is 2.28. The minimum Gasteiger partial charge on any atom is -0.467 e. The largest absolute Gasteiger partial charge is 0.467 e. The van der Waals surface area contributed by atoms with Crippen LogP contribution in [0.4, 0.5) is 0 Å². The monoisotopic (exact) mass is 268 g/mol. The molecule has 1 aliphatic rings. The van der Waals surface area contributed by atoms with Crippen LogP contribution in [0.5, 0.6) is 0 Å². The maximum absolute atomic E-state index is 5.47. The van der Waals surface area contributed by atoms with Gasteiger partial charge in [0.2, 0.25) is 0 Å². The van der Waals surface area contributed by atoms with Crippen molar-refractivity contribution in [1.82, 2.24) is 10.2 Å². The van der Waals surface area contributed by atoms with E-state index in [1.54, 1.807) is 13.4 Å². The van der Waals surface area contributed by atoms with Crippen molar-refractivity contribution in [2.45, 2.75) is 38.4 Å². The summed E-state index contributed by atoms with van der Waals surface area (Å²) in [6.07, 6.45) is 4.12. The molecule has 0 radical (unpaired) electrons. The van der Waals surface area contributed by atoms with Gasteiger partial charge in [0.1, 0.15) is 5.76 Å². The van der Waals surface area contributed by atoms with Gasteiger partial charge in [0.05, 0.1) is 19.4 Å². The number of methoxy groups -OCH3 is 1. The summed E-state index contributed by atoms with van der Waals surface area (Å²) in [5.41, 5.74) is 0. The van der Waals surface area contributed by atoms with Crippen molar-refractivity contribution in [1.29, 1.82) is 0 Å². The van der Waals surface area contributed by atoms with Crippen LogP contribution in [0.15, 0.2) is 22.8 Å². The summed E-state index contributed by atoms with van der Waals surface area (Å²) in [6, 6.07) is 4.67. The predicted molar refractivity (Wildman–Crippen MR) is 74.3 cm³/mol. The maximum atomic E-state index is 5.47. The maximum Gasteiger partial charge on any atom is 0.169 e. The molecule has 1 saturated carbocycles. The second-order valence-corrected chi connectivity index (χ2v) is 5.13. The summed E-state index contributed by atoms with van der Waals surface area (Å²) >= 11 is 5.47. The van der Waals surface area contributed by atoms with E-state index in [4.69, 9.17) is 21.4 Å². The molecule has 1 N–H and O–H groups in total. The van der Waals surface area contributed by atoms with Gasteiger partial charge in [0.15, 0.2) is 5.11 Å². The van der Waals surface area contributed by atoms with E-state index in [-0.39, 0.29) is 6.04 Å². The van der Waals surface area contributed by atoms with Crippen molar-refractivity contribution < 1.29 is 9.15 Å². The zero-order valence-corrected chi connectivity index (χ0v) is 11.7. The molecule has 2 rings (SSSR count). The van der Waals surface area contributed by atoms with Crippen molar-refractivity contribution in [3.05, 3.63) is 24.2 Å². The van der Waals surface area contributed by atoms with Gasteiger partial charge in [-0.2, -0.15) is 0 Å².